The van der Waals surface area contributed by atoms with Crippen LogP contribution in [0, 0.1) is 23.7 Å². The molecule has 0 aromatic carbocycles. The average Bonchev–Trinajstić information content (AvgIpc) is 2.94. The minimum Gasteiger partial charge on any atom is -0.299 e. The Hall–Kier alpha value is -0.330. The number of carbonyl (C=O) groups is 1. The van der Waals surface area contributed by atoms with Crippen LogP contribution >= 0.6 is 0 Å². The molecule has 2 unspecified atom stereocenters. The van der Waals surface area contributed by atoms with E-state index in [2.05, 4.69) is 0 Å². The Balaban J connectivity index is 1.57. The van der Waals surface area contributed by atoms with Gasteiger partial charge in [0.15, 0.2) is 0 Å². The molecule has 0 aromatic rings. The van der Waals surface area contributed by atoms with Crippen LogP contribution in [0.4, 0.5) is 0 Å². The first-order valence-electron chi connectivity index (χ1n) is 5.39. The fraction of sp³-hybridized carbons (Fsp3) is 0.909. The van der Waals surface area contributed by atoms with Gasteiger partial charge in [0.2, 0.25) is 0 Å². The molecular formula is C11H16O. The van der Waals surface area contributed by atoms with Crippen LogP contribution in [0.2, 0.25) is 0 Å². The van der Waals surface area contributed by atoms with Crippen LogP contribution in [0.15, 0.2) is 0 Å². The maximum Gasteiger partial charge on any atom is 0.136 e. The van der Waals surface area contributed by atoms with Crippen molar-refractivity contribution in [3.8, 4) is 0 Å². The first-order valence-corrected chi connectivity index (χ1v) is 5.39. The van der Waals surface area contributed by atoms with Crippen molar-refractivity contribution in [3.63, 3.8) is 0 Å². The van der Waals surface area contributed by atoms with Crippen molar-refractivity contribution in [2.24, 2.45) is 23.7 Å². The number of ketones is 1. The molecule has 1 heteroatoms. The molecule has 0 bridgehead atoms. The molecule has 0 aliphatic heterocycles. The molecule has 3 aliphatic rings. The van der Waals surface area contributed by atoms with E-state index in [1.54, 1.807) is 0 Å². The van der Waals surface area contributed by atoms with Gasteiger partial charge in [-0.2, -0.15) is 0 Å². The smallest absolute Gasteiger partial charge is 0.136 e. The van der Waals surface area contributed by atoms with Gasteiger partial charge >= 0.3 is 0 Å². The van der Waals surface area contributed by atoms with E-state index in [0.29, 0.717) is 11.7 Å². The van der Waals surface area contributed by atoms with E-state index in [0.717, 1.165) is 24.2 Å². The molecule has 1 nitrogen and oxygen atoms in total. The van der Waals surface area contributed by atoms with E-state index in [9.17, 15) is 4.79 Å². The van der Waals surface area contributed by atoms with Crippen molar-refractivity contribution in [2.75, 3.05) is 0 Å². The standard InChI is InChI=1S/C11H16O/c12-10(6-7-4-5-7)11-8-2-1-3-9(8)11/h7-9,11H,1-6H2. The lowest BCUT2D eigenvalue weighted by molar-refractivity contribution is -0.121. The highest BCUT2D eigenvalue weighted by Gasteiger charge is 2.56. The molecule has 2 atom stereocenters. The molecule has 12 heavy (non-hydrogen) atoms. The molecule has 0 radical (unpaired) electrons. The van der Waals surface area contributed by atoms with Crippen molar-refractivity contribution in [3.05, 3.63) is 0 Å². The second-order valence-electron chi connectivity index (χ2n) is 4.90. The molecule has 3 aliphatic carbocycles. The number of Topliss-reactive ketones (excluding diaryl/α,β-unsaturated/α-hetero) is 1. The van der Waals surface area contributed by atoms with Crippen molar-refractivity contribution >= 4 is 5.78 Å². The Labute approximate surface area is 73.5 Å². The Kier molecular flexibility index (Phi) is 1.38. The summed E-state index contributed by atoms with van der Waals surface area (Å²) in [6.45, 7) is 0. The largest absolute Gasteiger partial charge is 0.299 e. The molecular weight excluding hydrogens is 148 g/mol. The fourth-order valence-corrected chi connectivity index (χ4v) is 3.04. The van der Waals surface area contributed by atoms with Gasteiger partial charge in [0.1, 0.15) is 5.78 Å². The van der Waals surface area contributed by atoms with Crippen molar-refractivity contribution in [1.82, 2.24) is 0 Å². The van der Waals surface area contributed by atoms with Crippen LogP contribution in [0.1, 0.15) is 38.5 Å². The lowest BCUT2D eigenvalue weighted by Gasteiger charge is -2.00. The number of rotatable bonds is 3. The summed E-state index contributed by atoms with van der Waals surface area (Å²) >= 11 is 0. The minimum absolute atomic E-state index is 0.541. The Bertz CT molecular complexity index is 207. The van der Waals surface area contributed by atoms with Gasteiger partial charge in [-0.15, -0.1) is 0 Å². The zero-order valence-corrected chi connectivity index (χ0v) is 7.46. The van der Waals surface area contributed by atoms with Gasteiger partial charge in [0, 0.05) is 12.3 Å². The summed E-state index contributed by atoms with van der Waals surface area (Å²) < 4.78 is 0. The summed E-state index contributed by atoms with van der Waals surface area (Å²) in [5.74, 6) is 3.65. The third-order valence-electron chi connectivity index (χ3n) is 3.97. The van der Waals surface area contributed by atoms with E-state index < -0.39 is 0 Å². The molecule has 66 valence electrons. The monoisotopic (exact) mass is 164 g/mol. The fourth-order valence-electron chi connectivity index (χ4n) is 3.04. The van der Waals surface area contributed by atoms with E-state index >= 15 is 0 Å². The van der Waals surface area contributed by atoms with E-state index in [1.807, 2.05) is 0 Å². The maximum absolute atomic E-state index is 11.7. The van der Waals surface area contributed by atoms with E-state index in [-0.39, 0.29) is 0 Å². The number of fused-ring (bicyclic) bond motifs is 1. The summed E-state index contributed by atoms with van der Waals surface area (Å²) in [7, 11) is 0. The lowest BCUT2D eigenvalue weighted by Crippen LogP contribution is -2.05. The summed E-state index contributed by atoms with van der Waals surface area (Å²) in [5.41, 5.74) is 0. The van der Waals surface area contributed by atoms with Crippen molar-refractivity contribution in [2.45, 2.75) is 38.5 Å². The molecule has 3 fully saturated rings. The van der Waals surface area contributed by atoms with Crippen LogP contribution in [-0.2, 0) is 4.79 Å². The number of carbonyl (C=O) groups excluding carboxylic acids is 1. The lowest BCUT2D eigenvalue weighted by atomic mass is 10.0. The summed E-state index contributed by atoms with van der Waals surface area (Å²) in [5, 5.41) is 0. The zero-order chi connectivity index (χ0) is 8.13. The average molecular weight is 164 g/mol. The van der Waals surface area contributed by atoms with Crippen molar-refractivity contribution < 1.29 is 4.79 Å². The normalized spacial score (nSPS) is 44.2. The molecule has 0 aromatic heterocycles. The summed E-state index contributed by atoms with van der Waals surface area (Å²) in [6, 6.07) is 0. The Morgan fingerprint density at radius 2 is 1.75 bits per heavy atom. The SMILES string of the molecule is O=C(CC1CC1)C1C2CCCC21. The van der Waals surface area contributed by atoms with Crippen LogP contribution in [0.25, 0.3) is 0 Å². The van der Waals surface area contributed by atoms with Crippen LogP contribution in [-0.4, -0.2) is 5.78 Å². The highest BCUT2D eigenvalue weighted by atomic mass is 16.1. The van der Waals surface area contributed by atoms with Gasteiger partial charge < -0.3 is 0 Å². The third-order valence-corrected chi connectivity index (χ3v) is 3.97. The molecule has 0 amide bonds. The molecule has 0 saturated heterocycles. The Morgan fingerprint density at radius 1 is 1.08 bits per heavy atom. The predicted molar refractivity (Wildman–Crippen MR) is 46.7 cm³/mol. The first kappa shape index (κ1) is 7.11. The number of hydrogen-bond donors (Lipinski definition) is 0. The van der Waals surface area contributed by atoms with Gasteiger partial charge in [-0.25, -0.2) is 0 Å². The first-order chi connectivity index (χ1) is 5.86. The van der Waals surface area contributed by atoms with E-state index in [1.165, 1.54) is 32.1 Å². The zero-order valence-electron chi connectivity index (χ0n) is 7.46. The second-order valence-corrected chi connectivity index (χ2v) is 4.90. The quantitative estimate of drug-likeness (QED) is 0.626. The molecule has 0 spiro atoms. The third kappa shape index (κ3) is 1.02. The van der Waals surface area contributed by atoms with Crippen LogP contribution < -0.4 is 0 Å². The van der Waals surface area contributed by atoms with Crippen LogP contribution in [0.3, 0.4) is 0 Å². The molecule has 3 rings (SSSR count). The molecule has 3 saturated carbocycles. The topological polar surface area (TPSA) is 17.1 Å². The summed E-state index contributed by atoms with van der Waals surface area (Å²) in [4.78, 5) is 11.7. The minimum atomic E-state index is 0.541. The van der Waals surface area contributed by atoms with E-state index in [4.69, 9.17) is 0 Å². The summed E-state index contributed by atoms with van der Waals surface area (Å²) in [6.07, 6.45) is 7.68. The molecule has 0 heterocycles. The highest BCUT2D eigenvalue weighted by Crippen LogP contribution is 2.58. The molecule has 0 N–H and O–H groups in total. The second kappa shape index (κ2) is 2.34. The predicted octanol–water partition coefficient (Wildman–Crippen LogP) is 2.40. The van der Waals surface area contributed by atoms with Gasteiger partial charge in [0.25, 0.3) is 0 Å². The van der Waals surface area contributed by atoms with Crippen molar-refractivity contribution in [1.29, 1.82) is 0 Å². The van der Waals surface area contributed by atoms with Crippen LogP contribution in [0.5, 0.6) is 0 Å². The van der Waals surface area contributed by atoms with Gasteiger partial charge in [-0.05, 0) is 43.4 Å². The van der Waals surface area contributed by atoms with Gasteiger partial charge in [-0.1, -0.05) is 6.42 Å². The highest BCUT2D eigenvalue weighted by molar-refractivity contribution is 5.85. The van der Waals surface area contributed by atoms with Gasteiger partial charge in [0.05, 0.1) is 0 Å². The number of hydrogen-bond acceptors (Lipinski definition) is 1. The Morgan fingerprint density at radius 3 is 2.33 bits per heavy atom. The maximum atomic E-state index is 11.7. The van der Waals surface area contributed by atoms with Gasteiger partial charge in [-0.3, -0.25) is 4.79 Å².